The number of halogens is 2. The largest absolute Gasteiger partial charge is 0.458 e. The van der Waals surface area contributed by atoms with Crippen molar-refractivity contribution in [3.05, 3.63) is 63.6 Å². The predicted molar refractivity (Wildman–Crippen MR) is 101 cm³/mol. The number of hydrogen-bond acceptors (Lipinski definition) is 3. The lowest BCUT2D eigenvalue weighted by Gasteiger charge is -2.23. The smallest absolute Gasteiger partial charge is 0.309 e. The Bertz CT molecular complexity index is 830. The van der Waals surface area contributed by atoms with Crippen molar-refractivity contribution in [2.45, 2.75) is 32.0 Å². The molecule has 3 nitrogen and oxygen atoms in total. The summed E-state index contributed by atoms with van der Waals surface area (Å²) in [5, 5.41) is 10.8. The molecule has 1 N–H and O–H groups in total. The highest BCUT2D eigenvalue weighted by molar-refractivity contribution is 6.36. The molecule has 1 aliphatic heterocycles. The van der Waals surface area contributed by atoms with Gasteiger partial charge in [-0.3, -0.25) is 4.79 Å². The van der Waals surface area contributed by atoms with E-state index in [9.17, 15) is 9.90 Å². The summed E-state index contributed by atoms with van der Waals surface area (Å²) >= 11 is 12.6. The summed E-state index contributed by atoms with van der Waals surface area (Å²) in [4.78, 5) is 11.5. The Hall–Kier alpha value is -1.81. The zero-order valence-corrected chi connectivity index (χ0v) is 15.2. The quantitative estimate of drug-likeness (QED) is 0.762. The maximum Gasteiger partial charge on any atom is 0.309 e. The molecule has 0 bridgehead atoms. The summed E-state index contributed by atoms with van der Waals surface area (Å²) in [7, 11) is 0. The van der Waals surface area contributed by atoms with Crippen molar-refractivity contribution in [2.75, 3.05) is 0 Å². The fourth-order valence-corrected chi connectivity index (χ4v) is 3.54. The van der Waals surface area contributed by atoms with Gasteiger partial charge in [0.15, 0.2) is 0 Å². The Morgan fingerprint density at radius 2 is 1.96 bits per heavy atom. The van der Waals surface area contributed by atoms with Gasteiger partial charge in [0.25, 0.3) is 0 Å². The van der Waals surface area contributed by atoms with Gasteiger partial charge >= 0.3 is 5.97 Å². The van der Waals surface area contributed by atoms with E-state index in [-0.39, 0.29) is 6.42 Å². The molecule has 0 aliphatic carbocycles. The van der Waals surface area contributed by atoms with E-state index in [2.05, 4.69) is 0 Å². The van der Waals surface area contributed by atoms with Gasteiger partial charge in [0.1, 0.15) is 6.10 Å². The molecule has 1 saturated heterocycles. The topological polar surface area (TPSA) is 46.5 Å². The Morgan fingerprint density at radius 1 is 1.20 bits per heavy atom. The third-order valence-corrected chi connectivity index (χ3v) is 4.73. The van der Waals surface area contributed by atoms with E-state index in [0.717, 1.165) is 22.3 Å². The summed E-state index contributed by atoms with van der Waals surface area (Å²) in [6.45, 7) is 2.02. The van der Waals surface area contributed by atoms with Gasteiger partial charge < -0.3 is 9.84 Å². The highest BCUT2D eigenvalue weighted by Gasteiger charge is 2.25. The molecule has 0 amide bonds. The highest BCUT2D eigenvalue weighted by atomic mass is 35.5. The van der Waals surface area contributed by atoms with Gasteiger partial charge in [0.2, 0.25) is 0 Å². The third kappa shape index (κ3) is 4.24. The van der Waals surface area contributed by atoms with E-state index in [4.69, 9.17) is 27.9 Å². The Labute approximate surface area is 156 Å². The normalized spacial score (nSPS) is 20.7. The molecule has 2 aromatic carbocycles. The van der Waals surface area contributed by atoms with Crippen LogP contribution in [-0.4, -0.2) is 23.3 Å². The van der Waals surface area contributed by atoms with Gasteiger partial charge in [-0.25, -0.2) is 0 Å². The van der Waals surface area contributed by atoms with Crippen LogP contribution in [0.1, 0.15) is 24.0 Å². The maximum atomic E-state index is 11.5. The standard InChI is InChI=1S/C20H18Cl2O3/c1-12-4-2-3-5-16(12)18-8-13(21)9-19(22)17(18)7-6-15-10-14(23)11-20(24)25-15/h2-9,14-15,23H,10-11H2,1H3/b7-6+/t14-,15-/m1/s1. The van der Waals surface area contributed by atoms with Crippen LogP contribution in [0.15, 0.2) is 42.5 Å². The Balaban J connectivity index is 2.00. The second kappa shape index (κ2) is 7.61. The highest BCUT2D eigenvalue weighted by Crippen LogP contribution is 2.35. The van der Waals surface area contributed by atoms with Gasteiger partial charge in [-0.15, -0.1) is 0 Å². The monoisotopic (exact) mass is 376 g/mol. The number of carbonyl (C=O) groups is 1. The molecular weight excluding hydrogens is 359 g/mol. The number of hydrogen-bond donors (Lipinski definition) is 1. The van der Waals surface area contributed by atoms with Crippen molar-refractivity contribution in [1.82, 2.24) is 0 Å². The predicted octanol–water partition coefficient (Wildman–Crippen LogP) is 5.05. The molecule has 0 spiro atoms. The van der Waals surface area contributed by atoms with E-state index in [1.807, 2.05) is 43.3 Å². The van der Waals surface area contributed by atoms with Crippen LogP contribution in [0.3, 0.4) is 0 Å². The van der Waals surface area contributed by atoms with Gasteiger partial charge in [0.05, 0.1) is 12.5 Å². The number of esters is 1. The van der Waals surface area contributed by atoms with Crippen molar-refractivity contribution < 1.29 is 14.6 Å². The minimum Gasteiger partial charge on any atom is -0.458 e. The fourth-order valence-electron chi connectivity index (χ4n) is 2.98. The number of aliphatic hydroxyl groups is 1. The van der Waals surface area contributed by atoms with E-state index < -0.39 is 18.2 Å². The number of aliphatic hydroxyl groups excluding tert-OH is 1. The number of carbonyl (C=O) groups excluding carboxylic acids is 1. The summed E-state index contributed by atoms with van der Waals surface area (Å²) in [6.07, 6.45) is 2.88. The lowest BCUT2D eigenvalue weighted by atomic mass is 9.95. The van der Waals surface area contributed by atoms with Gasteiger partial charge in [-0.1, -0.05) is 53.5 Å². The molecule has 2 atom stereocenters. The second-order valence-corrected chi connectivity index (χ2v) is 6.99. The first-order valence-electron chi connectivity index (χ1n) is 8.05. The van der Waals surface area contributed by atoms with Gasteiger partial charge in [-0.05, 0) is 41.8 Å². The van der Waals surface area contributed by atoms with E-state index in [1.165, 1.54) is 0 Å². The van der Waals surface area contributed by atoms with Crippen LogP contribution >= 0.6 is 23.2 Å². The number of ether oxygens (including phenoxy) is 1. The average Bonchev–Trinajstić information content (AvgIpc) is 2.53. The lowest BCUT2D eigenvalue weighted by Crippen LogP contribution is -2.31. The molecule has 0 unspecified atom stereocenters. The Kier molecular flexibility index (Phi) is 5.48. The molecule has 1 fully saturated rings. The van der Waals surface area contributed by atoms with Crippen LogP contribution in [0.2, 0.25) is 10.0 Å². The van der Waals surface area contributed by atoms with Crippen LogP contribution < -0.4 is 0 Å². The van der Waals surface area contributed by atoms with Crippen LogP contribution in [0.5, 0.6) is 0 Å². The lowest BCUT2D eigenvalue weighted by molar-refractivity contribution is -0.156. The number of rotatable bonds is 3. The van der Waals surface area contributed by atoms with Crippen LogP contribution in [0, 0.1) is 6.92 Å². The molecule has 3 rings (SSSR count). The number of benzene rings is 2. The third-order valence-electron chi connectivity index (χ3n) is 4.20. The van der Waals surface area contributed by atoms with Crippen molar-refractivity contribution in [3.63, 3.8) is 0 Å². The van der Waals surface area contributed by atoms with Gasteiger partial charge in [-0.2, -0.15) is 0 Å². The molecule has 1 heterocycles. The molecule has 5 heteroatoms. The van der Waals surface area contributed by atoms with Crippen molar-refractivity contribution in [3.8, 4) is 11.1 Å². The molecular formula is C20H18Cl2O3. The van der Waals surface area contributed by atoms with Crippen LogP contribution in [0.4, 0.5) is 0 Å². The minimum absolute atomic E-state index is 0.0422. The van der Waals surface area contributed by atoms with Gasteiger partial charge in [0, 0.05) is 22.0 Å². The first-order chi connectivity index (χ1) is 11.9. The van der Waals surface area contributed by atoms with Crippen molar-refractivity contribution in [2.24, 2.45) is 0 Å². The summed E-state index contributed by atoms with van der Waals surface area (Å²) in [6, 6.07) is 11.5. The Morgan fingerprint density at radius 3 is 2.68 bits per heavy atom. The first kappa shape index (κ1) is 18.0. The molecule has 0 saturated carbocycles. The summed E-state index contributed by atoms with van der Waals surface area (Å²) < 4.78 is 5.26. The summed E-state index contributed by atoms with van der Waals surface area (Å²) in [5.74, 6) is -0.394. The van der Waals surface area contributed by atoms with Crippen LogP contribution in [-0.2, 0) is 9.53 Å². The molecule has 130 valence electrons. The first-order valence-corrected chi connectivity index (χ1v) is 8.80. The number of aryl methyl sites for hydroxylation is 1. The van der Waals surface area contributed by atoms with E-state index in [1.54, 1.807) is 12.1 Å². The summed E-state index contributed by atoms with van der Waals surface area (Å²) in [5.41, 5.74) is 3.85. The molecule has 25 heavy (non-hydrogen) atoms. The van der Waals surface area contributed by atoms with E-state index >= 15 is 0 Å². The van der Waals surface area contributed by atoms with Crippen molar-refractivity contribution >= 4 is 35.2 Å². The second-order valence-electron chi connectivity index (χ2n) is 6.14. The zero-order chi connectivity index (χ0) is 18.0. The zero-order valence-electron chi connectivity index (χ0n) is 13.7. The molecule has 0 aromatic heterocycles. The van der Waals surface area contributed by atoms with Crippen molar-refractivity contribution in [1.29, 1.82) is 0 Å². The van der Waals surface area contributed by atoms with E-state index in [0.29, 0.717) is 16.5 Å². The fraction of sp³-hybridized carbons (Fsp3) is 0.250. The maximum absolute atomic E-state index is 11.5. The van der Waals surface area contributed by atoms with Crippen LogP contribution in [0.25, 0.3) is 17.2 Å². The number of cyclic esters (lactones) is 1. The molecule has 2 aromatic rings. The molecule has 1 aliphatic rings. The molecule has 0 radical (unpaired) electrons. The minimum atomic E-state index is -0.674. The average molecular weight is 377 g/mol. The SMILES string of the molecule is Cc1ccccc1-c1cc(Cl)cc(Cl)c1/C=C/[C@@H]1C[C@@H](O)CC(=O)O1.